The molecular weight excluding hydrogens is 476 g/mol. The van der Waals surface area contributed by atoms with Gasteiger partial charge in [0.1, 0.15) is 0 Å². The van der Waals surface area contributed by atoms with Gasteiger partial charge in [-0.3, -0.25) is 0 Å². The quantitative estimate of drug-likeness (QED) is 0.430. The van der Waals surface area contributed by atoms with Gasteiger partial charge in [-0.05, 0) is 36.8 Å². The SMILES string of the molecule is N#CC1([C@@H](O)[C@H]2c3ccccc3-c3cncn32)CC1.N#CC1([C@H](O)[C@H]2c3ccccc3-c3cncn32)CC1. The summed E-state index contributed by atoms with van der Waals surface area (Å²) in [7, 11) is 0. The van der Waals surface area contributed by atoms with Crippen LogP contribution in [0.25, 0.3) is 22.5 Å². The molecule has 2 saturated carbocycles. The van der Waals surface area contributed by atoms with Crippen LogP contribution in [0.15, 0.2) is 73.6 Å². The minimum Gasteiger partial charge on any atom is -0.389 e. The summed E-state index contributed by atoms with van der Waals surface area (Å²) in [5.41, 5.74) is 5.31. The van der Waals surface area contributed by atoms with Crippen molar-refractivity contribution in [1.82, 2.24) is 19.1 Å². The second kappa shape index (κ2) is 8.13. The van der Waals surface area contributed by atoms with E-state index in [2.05, 4.69) is 22.1 Å². The number of benzene rings is 2. The summed E-state index contributed by atoms with van der Waals surface area (Å²) in [4.78, 5) is 8.35. The molecule has 4 aliphatic rings. The molecule has 2 aromatic carbocycles. The summed E-state index contributed by atoms with van der Waals surface area (Å²) < 4.78 is 3.99. The summed E-state index contributed by atoms with van der Waals surface area (Å²) in [5.74, 6) is 0. The zero-order chi connectivity index (χ0) is 26.1. The van der Waals surface area contributed by atoms with Gasteiger partial charge in [-0.1, -0.05) is 48.5 Å². The number of nitriles is 2. The molecule has 0 unspecified atom stereocenters. The molecule has 2 N–H and O–H groups in total. The van der Waals surface area contributed by atoms with Gasteiger partial charge in [0, 0.05) is 11.1 Å². The fourth-order valence-corrected chi connectivity index (χ4v) is 6.21. The van der Waals surface area contributed by atoms with Crippen LogP contribution in [0.4, 0.5) is 0 Å². The van der Waals surface area contributed by atoms with Crippen LogP contribution in [0.5, 0.6) is 0 Å². The minimum atomic E-state index is -0.672. The zero-order valence-electron chi connectivity index (χ0n) is 20.6. The number of aliphatic hydroxyl groups is 2. The first-order valence-corrected chi connectivity index (χ1v) is 12.9. The molecule has 0 amide bonds. The molecule has 2 aliphatic heterocycles. The van der Waals surface area contributed by atoms with Crippen LogP contribution in [0.3, 0.4) is 0 Å². The van der Waals surface area contributed by atoms with Crippen molar-refractivity contribution < 1.29 is 10.2 Å². The molecule has 8 nitrogen and oxygen atoms in total. The topological polar surface area (TPSA) is 124 Å². The molecular formula is C30H26N6O2. The van der Waals surface area contributed by atoms with E-state index in [-0.39, 0.29) is 12.1 Å². The number of nitrogens with zero attached hydrogens (tertiary/aromatic N) is 6. The van der Waals surface area contributed by atoms with E-state index in [4.69, 9.17) is 0 Å². The lowest BCUT2D eigenvalue weighted by molar-refractivity contribution is 0.0839. The van der Waals surface area contributed by atoms with Crippen molar-refractivity contribution >= 4 is 0 Å². The lowest BCUT2D eigenvalue weighted by Gasteiger charge is -2.24. The van der Waals surface area contributed by atoms with Gasteiger partial charge in [-0.25, -0.2) is 9.97 Å². The Morgan fingerprint density at radius 2 is 1.11 bits per heavy atom. The predicted molar refractivity (Wildman–Crippen MR) is 138 cm³/mol. The molecule has 4 aromatic rings. The smallest absolute Gasteiger partial charge is 0.0975 e. The largest absolute Gasteiger partial charge is 0.389 e. The van der Waals surface area contributed by atoms with Gasteiger partial charge in [0.2, 0.25) is 0 Å². The molecule has 8 heteroatoms. The van der Waals surface area contributed by atoms with Crippen LogP contribution in [0.1, 0.15) is 48.9 Å². The second-order valence-electron chi connectivity index (χ2n) is 10.9. The van der Waals surface area contributed by atoms with E-state index in [1.807, 2.05) is 70.1 Å². The summed E-state index contributed by atoms with van der Waals surface area (Å²) in [6, 6.07) is 20.3. The normalized spacial score (nSPS) is 23.3. The summed E-state index contributed by atoms with van der Waals surface area (Å²) >= 11 is 0. The van der Waals surface area contributed by atoms with Crippen LogP contribution >= 0.6 is 0 Å². The van der Waals surface area contributed by atoms with Crippen molar-refractivity contribution in [3.05, 3.63) is 84.7 Å². The number of fused-ring (bicyclic) bond motifs is 6. The van der Waals surface area contributed by atoms with E-state index >= 15 is 0 Å². The Bertz CT molecular complexity index is 1510. The van der Waals surface area contributed by atoms with Crippen molar-refractivity contribution in [1.29, 1.82) is 10.5 Å². The highest BCUT2D eigenvalue weighted by Crippen LogP contribution is 2.55. The van der Waals surface area contributed by atoms with Gasteiger partial charge in [-0.15, -0.1) is 0 Å². The van der Waals surface area contributed by atoms with Gasteiger partial charge in [0.25, 0.3) is 0 Å². The highest BCUT2D eigenvalue weighted by molar-refractivity contribution is 5.70. The van der Waals surface area contributed by atoms with E-state index in [1.165, 1.54) is 0 Å². The Morgan fingerprint density at radius 3 is 1.47 bits per heavy atom. The molecule has 0 saturated heterocycles. The van der Waals surface area contributed by atoms with Gasteiger partial charge in [0.05, 0.1) is 83.7 Å². The van der Waals surface area contributed by atoms with Crippen LogP contribution in [-0.2, 0) is 0 Å². The van der Waals surface area contributed by atoms with Gasteiger partial charge < -0.3 is 19.3 Å². The zero-order valence-corrected chi connectivity index (χ0v) is 20.6. The van der Waals surface area contributed by atoms with Crippen LogP contribution in [0, 0.1) is 33.5 Å². The van der Waals surface area contributed by atoms with E-state index in [0.29, 0.717) is 0 Å². The third-order valence-corrected chi connectivity index (χ3v) is 8.80. The predicted octanol–water partition coefficient (Wildman–Crippen LogP) is 4.24. The maximum atomic E-state index is 10.7. The highest BCUT2D eigenvalue weighted by Gasteiger charge is 2.55. The molecule has 4 atom stereocenters. The number of aromatic nitrogens is 4. The maximum Gasteiger partial charge on any atom is 0.0975 e. The van der Waals surface area contributed by atoms with Gasteiger partial charge in [-0.2, -0.15) is 10.5 Å². The Kier molecular flexibility index (Phi) is 4.90. The standard InChI is InChI=1S/2C15H13N3O/c2*16-8-15(5-6-15)14(19)13-11-4-2-1-3-10(11)12-7-17-9-18(12)13/h2*1-4,7,9,13-14,19H,5-6H2/t13-,14+;13-,14-/m11/s1. The number of hydrogen-bond donors (Lipinski definition) is 2. The molecule has 4 heterocycles. The maximum absolute atomic E-state index is 10.7. The van der Waals surface area contributed by atoms with E-state index < -0.39 is 23.0 Å². The summed E-state index contributed by atoms with van der Waals surface area (Å²) in [5, 5.41) is 40.0. The van der Waals surface area contributed by atoms with Gasteiger partial charge >= 0.3 is 0 Å². The Balaban J connectivity index is 0.000000127. The van der Waals surface area contributed by atoms with E-state index in [0.717, 1.165) is 59.3 Å². The van der Waals surface area contributed by atoms with Crippen molar-refractivity contribution in [3.8, 4) is 34.7 Å². The summed E-state index contributed by atoms with van der Waals surface area (Å²) in [6.07, 6.45) is 8.92. The average Bonchev–Trinajstić information content (AvgIpc) is 3.73. The molecule has 2 aromatic heterocycles. The van der Waals surface area contributed by atoms with Crippen LogP contribution in [-0.4, -0.2) is 41.5 Å². The molecule has 188 valence electrons. The van der Waals surface area contributed by atoms with Gasteiger partial charge in [0.15, 0.2) is 0 Å². The monoisotopic (exact) mass is 502 g/mol. The fourth-order valence-electron chi connectivity index (χ4n) is 6.21. The van der Waals surface area contributed by atoms with Crippen LogP contribution < -0.4 is 0 Å². The Hall–Kier alpha value is -4.24. The fraction of sp³-hybridized carbons (Fsp3) is 0.333. The Morgan fingerprint density at radius 1 is 0.711 bits per heavy atom. The first-order chi connectivity index (χ1) is 18.5. The average molecular weight is 503 g/mol. The Labute approximate surface area is 220 Å². The third kappa shape index (κ3) is 3.14. The summed E-state index contributed by atoms with van der Waals surface area (Å²) in [6.45, 7) is 0. The molecule has 0 spiro atoms. The van der Waals surface area contributed by atoms with Crippen molar-refractivity contribution in [2.75, 3.05) is 0 Å². The molecule has 38 heavy (non-hydrogen) atoms. The second-order valence-corrected chi connectivity index (χ2v) is 10.9. The lowest BCUT2D eigenvalue weighted by atomic mass is 9.89. The van der Waals surface area contributed by atoms with Crippen molar-refractivity contribution in [3.63, 3.8) is 0 Å². The molecule has 0 bridgehead atoms. The number of aliphatic hydroxyl groups excluding tert-OH is 2. The van der Waals surface area contributed by atoms with E-state index in [1.54, 1.807) is 12.7 Å². The first kappa shape index (κ1) is 22.9. The van der Waals surface area contributed by atoms with Crippen molar-refractivity contribution in [2.45, 2.75) is 50.0 Å². The first-order valence-electron chi connectivity index (χ1n) is 12.9. The number of imidazole rings is 2. The van der Waals surface area contributed by atoms with Crippen molar-refractivity contribution in [2.24, 2.45) is 10.8 Å². The molecule has 8 rings (SSSR count). The molecule has 2 fully saturated rings. The third-order valence-electron chi connectivity index (χ3n) is 8.80. The molecule has 2 aliphatic carbocycles. The number of hydrogen-bond acceptors (Lipinski definition) is 6. The molecule has 0 radical (unpaired) electrons. The highest BCUT2D eigenvalue weighted by atomic mass is 16.3. The number of rotatable bonds is 4. The lowest BCUT2D eigenvalue weighted by Crippen LogP contribution is -2.30. The minimum absolute atomic E-state index is 0.184. The van der Waals surface area contributed by atoms with Crippen LogP contribution in [0.2, 0.25) is 0 Å². The van der Waals surface area contributed by atoms with E-state index in [9.17, 15) is 20.7 Å².